The standard InChI is InChI=1S/C22H15F4N3O5S/c1-12-10-29(35(31,32)21-4-3-16(22(24,25)26)5-15(21)9-28)11-20(12)34-19-7-17(23)14(8-27)6-18(19)33-13(2)30/h3-7,20H,1,10-11H2,2H3/t20-/m0/s1. The molecule has 0 radical (unpaired) electrons. The van der Waals surface area contributed by atoms with Crippen LogP contribution >= 0.6 is 0 Å². The number of hydrogen-bond acceptors (Lipinski definition) is 7. The fourth-order valence-electron chi connectivity index (χ4n) is 3.27. The van der Waals surface area contributed by atoms with Crippen molar-refractivity contribution in [3.8, 4) is 23.6 Å². The lowest BCUT2D eigenvalue weighted by molar-refractivity contribution is -0.137. The number of sulfonamides is 1. The molecule has 0 bridgehead atoms. The van der Waals surface area contributed by atoms with Crippen LogP contribution in [0.25, 0.3) is 0 Å². The van der Waals surface area contributed by atoms with Crippen molar-refractivity contribution < 1.29 is 40.2 Å². The summed E-state index contributed by atoms with van der Waals surface area (Å²) in [6.07, 6.45) is -5.84. The molecule has 0 unspecified atom stereocenters. The molecule has 2 aromatic carbocycles. The molecule has 1 aliphatic heterocycles. The third-order valence-corrected chi connectivity index (χ3v) is 6.80. The summed E-state index contributed by atoms with van der Waals surface area (Å²) in [4.78, 5) is 10.7. The number of nitrogens with zero attached hydrogens (tertiary/aromatic N) is 3. The van der Waals surface area contributed by atoms with Gasteiger partial charge >= 0.3 is 12.1 Å². The lowest BCUT2D eigenvalue weighted by Gasteiger charge is -2.19. The summed E-state index contributed by atoms with van der Waals surface area (Å²) in [6.45, 7) is 4.11. The average Bonchev–Trinajstić information content (AvgIpc) is 3.15. The van der Waals surface area contributed by atoms with E-state index in [4.69, 9.17) is 14.7 Å². The molecular weight excluding hydrogens is 494 g/mol. The lowest BCUT2D eigenvalue weighted by atomic mass is 10.1. The topological polar surface area (TPSA) is 120 Å². The molecule has 1 atom stereocenters. The minimum atomic E-state index is -4.77. The molecule has 0 aliphatic carbocycles. The molecule has 182 valence electrons. The van der Waals surface area contributed by atoms with Crippen LogP contribution in [-0.2, 0) is 21.0 Å². The second-order valence-electron chi connectivity index (χ2n) is 7.37. The summed E-state index contributed by atoms with van der Waals surface area (Å²) in [7, 11) is -4.45. The van der Waals surface area contributed by atoms with Gasteiger partial charge in [0.2, 0.25) is 10.0 Å². The van der Waals surface area contributed by atoms with E-state index >= 15 is 0 Å². The molecule has 3 rings (SSSR count). The van der Waals surface area contributed by atoms with Crippen molar-refractivity contribution in [2.75, 3.05) is 13.1 Å². The molecular formula is C22H15F4N3O5S. The number of esters is 1. The number of hydrogen-bond donors (Lipinski definition) is 0. The summed E-state index contributed by atoms with van der Waals surface area (Å²) in [6, 6.07) is 6.48. The van der Waals surface area contributed by atoms with E-state index in [1.165, 1.54) is 6.07 Å². The van der Waals surface area contributed by atoms with Gasteiger partial charge in [-0.1, -0.05) is 6.58 Å². The Hall–Kier alpha value is -3.94. The Morgan fingerprint density at radius 2 is 1.80 bits per heavy atom. The molecule has 0 saturated carbocycles. The first-order valence-electron chi connectivity index (χ1n) is 9.65. The monoisotopic (exact) mass is 509 g/mol. The maximum Gasteiger partial charge on any atom is 0.416 e. The van der Waals surface area contributed by atoms with Gasteiger partial charge in [0.1, 0.15) is 24.1 Å². The van der Waals surface area contributed by atoms with Gasteiger partial charge in [-0.2, -0.15) is 28.0 Å². The van der Waals surface area contributed by atoms with Crippen molar-refractivity contribution in [1.29, 1.82) is 10.5 Å². The Morgan fingerprint density at radius 1 is 1.14 bits per heavy atom. The van der Waals surface area contributed by atoms with Crippen molar-refractivity contribution >= 4 is 16.0 Å². The number of carbonyl (C=O) groups excluding carboxylic acids is 1. The van der Waals surface area contributed by atoms with E-state index in [9.17, 15) is 36.0 Å². The van der Waals surface area contributed by atoms with Gasteiger partial charge in [0.05, 0.1) is 28.1 Å². The Kier molecular flexibility index (Phi) is 6.87. The number of carbonyl (C=O) groups is 1. The molecule has 8 nitrogen and oxygen atoms in total. The minimum Gasteiger partial charge on any atom is -0.481 e. The molecule has 13 heteroatoms. The normalized spacial score (nSPS) is 16.4. The quantitative estimate of drug-likeness (QED) is 0.262. The van der Waals surface area contributed by atoms with Crippen molar-refractivity contribution in [1.82, 2.24) is 4.31 Å². The highest BCUT2D eigenvalue weighted by atomic mass is 32.2. The SMILES string of the molecule is C=C1CN(S(=O)(=O)c2ccc(C(F)(F)F)cc2C#N)C[C@@H]1Oc1cc(F)c(C#N)cc1OC(C)=O. The van der Waals surface area contributed by atoms with E-state index < -0.39 is 55.7 Å². The van der Waals surface area contributed by atoms with Gasteiger partial charge in [0, 0.05) is 25.6 Å². The molecule has 0 aromatic heterocycles. The van der Waals surface area contributed by atoms with Gasteiger partial charge in [-0.15, -0.1) is 0 Å². The Balaban J connectivity index is 1.91. The third-order valence-electron chi connectivity index (χ3n) is 4.93. The molecule has 35 heavy (non-hydrogen) atoms. The third kappa shape index (κ3) is 5.26. The van der Waals surface area contributed by atoms with Crippen LogP contribution in [-0.4, -0.2) is 37.9 Å². The number of alkyl halides is 3. The molecule has 0 amide bonds. The van der Waals surface area contributed by atoms with E-state index in [0.717, 1.165) is 23.4 Å². The van der Waals surface area contributed by atoms with Gasteiger partial charge in [-0.25, -0.2) is 12.8 Å². The lowest BCUT2D eigenvalue weighted by Crippen LogP contribution is -2.31. The summed E-state index contributed by atoms with van der Waals surface area (Å²) in [5, 5.41) is 18.2. The molecule has 1 aliphatic rings. The fraction of sp³-hybridized carbons (Fsp3) is 0.227. The second kappa shape index (κ2) is 9.37. The highest BCUT2D eigenvalue weighted by Gasteiger charge is 2.39. The molecule has 0 spiro atoms. The molecule has 0 N–H and O–H groups in total. The predicted octanol–water partition coefficient (Wildman–Crippen LogP) is 3.52. The zero-order chi connectivity index (χ0) is 26.1. The van der Waals surface area contributed by atoms with Gasteiger partial charge in [0.25, 0.3) is 0 Å². The summed E-state index contributed by atoms with van der Waals surface area (Å²) in [5.41, 5.74) is -2.09. The van der Waals surface area contributed by atoms with Gasteiger partial charge in [-0.05, 0) is 23.8 Å². The van der Waals surface area contributed by atoms with Crippen molar-refractivity contribution in [3.05, 3.63) is 65.0 Å². The average molecular weight is 509 g/mol. The fourth-order valence-corrected chi connectivity index (χ4v) is 4.84. The van der Waals surface area contributed by atoms with Crippen LogP contribution in [0.3, 0.4) is 0 Å². The van der Waals surface area contributed by atoms with Gasteiger partial charge < -0.3 is 9.47 Å². The van der Waals surface area contributed by atoms with Gasteiger partial charge in [0.15, 0.2) is 11.5 Å². The number of nitriles is 2. The maximum atomic E-state index is 14.1. The molecule has 1 saturated heterocycles. The van der Waals surface area contributed by atoms with Crippen LogP contribution < -0.4 is 9.47 Å². The summed E-state index contributed by atoms with van der Waals surface area (Å²) in [5.74, 6) is -2.34. The van der Waals surface area contributed by atoms with Gasteiger partial charge in [-0.3, -0.25) is 4.79 Å². The minimum absolute atomic E-state index is 0.206. The Bertz CT molecular complexity index is 1410. The summed E-state index contributed by atoms with van der Waals surface area (Å²) < 4.78 is 90.6. The van der Waals surface area contributed by atoms with E-state index in [1.807, 2.05) is 0 Å². The maximum absolute atomic E-state index is 14.1. The number of halogens is 4. The van der Waals surface area contributed by atoms with Crippen molar-refractivity contribution in [3.63, 3.8) is 0 Å². The van der Waals surface area contributed by atoms with E-state index in [1.54, 1.807) is 6.07 Å². The molecule has 2 aromatic rings. The highest BCUT2D eigenvalue weighted by molar-refractivity contribution is 7.89. The zero-order valence-electron chi connectivity index (χ0n) is 17.9. The highest BCUT2D eigenvalue weighted by Crippen LogP contribution is 2.36. The molecule has 1 heterocycles. The van der Waals surface area contributed by atoms with Crippen molar-refractivity contribution in [2.45, 2.75) is 24.1 Å². The van der Waals surface area contributed by atoms with Crippen molar-refractivity contribution in [2.24, 2.45) is 0 Å². The van der Waals surface area contributed by atoms with E-state index in [0.29, 0.717) is 18.2 Å². The Morgan fingerprint density at radius 3 is 2.37 bits per heavy atom. The van der Waals surface area contributed by atoms with E-state index in [2.05, 4.69) is 6.58 Å². The first kappa shape index (κ1) is 25.7. The summed E-state index contributed by atoms with van der Waals surface area (Å²) >= 11 is 0. The van der Waals surface area contributed by atoms with Crippen LogP contribution in [0.15, 0.2) is 47.4 Å². The van der Waals surface area contributed by atoms with Crippen LogP contribution in [0.5, 0.6) is 11.5 Å². The molecule has 1 fully saturated rings. The zero-order valence-corrected chi connectivity index (χ0v) is 18.7. The smallest absolute Gasteiger partial charge is 0.416 e. The van der Waals surface area contributed by atoms with Crippen LogP contribution in [0.2, 0.25) is 0 Å². The first-order chi connectivity index (χ1) is 16.3. The Labute approximate surface area is 197 Å². The number of ether oxygens (including phenoxy) is 2. The second-order valence-corrected chi connectivity index (χ2v) is 9.27. The van der Waals surface area contributed by atoms with Crippen LogP contribution in [0, 0.1) is 28.5 Å². The van der Waals surface area contributed by atoms with Crippen LogP contribution in [0.4, 0.5) is 17.6 Å². The predicted molar refractivity (Wildman–Crippen MR) is 111 cm³/mol. The largest absolute Gasteiger partial charge is 0.481 e. The number of rotatable bonds is 5. The van der Waals surface area contributed by atoms with E-state index in [-0.39, 0.29) is 30.2 Å². The van der Waals surface area contributed by atoms with Crippen LogP contribution in [0.1, 0.15) is 23.6 Å². The first-order valence-corrected chi connectivity index (χ1v) is 11.1. The number of benzene rings is 2.